The number of ether oxygens (including phenoxy) is 1. The first-order valence-electron chi connectivity index (χ1n) is 9.71. The lowest BCUT2D eigenvalue weighted by atomic mass is 9.96. The Labute approximate surface area is 151 Å². The summed E-state index contributed by atoms with van der Waals surface area (Å²) >= 11 is 0. The number of nitrogens with one attached hydrogen (secondary N) is 2. The van der Waals surface area contributed by atoms with Crippen molar-refractivity contribution in [2.45, 2.75) is 58.3 Å². The second kappa shape index (κ2) is 8.56. The van der Waals surface area contributed by atoms with E-state index in [1.165, 1.54) is 24.1 Å². The van der Waals surface area contributed by atoms with Gasteiger partial charge in [0.1, 0.15) is 0 Å². The van der Waals surface area contributed by atoms with Crippen LogP contribution in [0.3, 0.4) is 0 Å². The minimum Gasteiger partial charge on any atom is -0.373 e. The minimum absolute atomic E-state index is 0.369. The number of aryl methyl sites for hydroxylation is 1. The maximum absolute atomic E-state index is 5.94. The predicted molar refractivity (Wildman–Crippen MR) is 104 cm³/mol. The van der Waals surface area contributed by atoms with Crippen molar-refractivity contribution in [3.8, 4) is 0 Å². The van der Waals surface area contributed by atoms with Crippen LogP contribution in [0.2, 0.25) is 0 Å². The average molecular weight is 345 g/mol. The highest BCUT2D eigenvalue weighted by molar-refractivity contribution is 5.80. The van der Waals surface area contributed by atoms with Crippen LogP contribution in [0.15, 0.2) is 29.3 Å². The largest absolute Gasteiger partial charge is 0.373 e. The molecule has 0 radical (unpaired) electrons. The summed E-state index contributed by atoms with van der Waals surface area (Å²) < 4.78 is 5.94. The van der Waals surface area contributed by atoms with Gasteiger partial charge in [-0.2, -0.15) is 0 Å². The SMILES string of the molecule is CCNC(=NCCN(CC)c1cccc(C)c1)NC1CC2CCC1O2. The van der Waals surface area contributed by atoms with E-state index >= 15 is 0 Å². The molecule has 25 heavy (non-hydrogen) atoms. The first-order chi connectivity index (χ1) is 12.2. The molecule has 3 atom stereocenters. The van der Waals surface area contributed by atoms with Gasteiger partial charge < -0.3 is 20.3 Å². The van der Waals surface area contributed by atoms with Crippen LogP contribution in [0, 0.1) is 6.92 Å². The Morgan fingerprint density at radius 3 is 2.84 bits per heavy atom. The highest BCUT2D eigenvalue weighted by Gasteiger charge is 2.41. The fraction of sp³-hybridized carbons (Fsp3) is 0.650. The predicted octanol–water partition coefficient (Wildman–Crippen LogP) is 2.70. The van der Waals surface area contributed by atoms with Gasteiger partial charge >= 0.3 is 0 Å². The van der Waals surface area contributed by atoms with Crippen molar-refractivity contribution in [3.63, 3.8) is 0 Å². The topological polar surface area (TPSA) is 48.9 Å². The van der Waals surface area contributed by atoms with E-state index < -0.39 is 0 Å². The van der Waals surface area contributed by atoms with Crippen LogP contribution in [0.25, 0.3) is 0 Å². The molecular weight excluding hydrogens is 312 g/mol. The highest BCUT2D eigenvalue weighted by Crippen LogP contribution is 2.34. The van der Waals surface area contributed by atoms with Crippen molar-refractivity contribution in [1.29, 1.82) is 0 Å². The number of benzene rings is 1. The average Bonchev–Trinajstić information content (AvgIpc) is 3.22. The minimum atomic E-state index is 0.369. The molecule has 0 aliphatic carbocycles. The Balaban J connectivity index is 1.55. The Kier molecular flexibility index (Phi) is 6.19. The lowest BCUT2D eigenvalue weighted by molar-refractivity contribution is 0.0992. The number of rotatable bonds is 7. The normalized spacial score (nSPS) is 25.2. The number of likely N-dealkylation sites (N-methyl/N-ethyl adjacent to an activating group) is 1. The Morgan fingerprint density at radius 1 is 1.32 bits per heavy atom. The van der Waals surface area contributed by atoms with Gasteiger partial charge in [0.05, 0.1) is 24.8 Å². The molecule has 3 unspecified atom stereocenters. The molecule has 2 aliphatic rings. The molecular formula is C20H32N4O. The molecule has 0 aromatic heterocycles. The smallest absolute Gasteiger partial charge is 0.191 e. The van der Waals surface area contributed by atoms with Crippen molar-refractivity contribution in [2.75, 3.05) is 31.1 Å². The summed E-state index contributed by atoms with van der Waals surface area (Å²) in [5, 5.41) is 6.96. The van der Waals surface area contributed by atoms with Crippen LogP contribution in [0.5, 0.6) is 0 Å². The summed E-state index contributed by atoms with van der Waals surface area (Å²) in [7, 11) is 0. The molecule has 2 heterocycles. The fourth-order valence-corrected chi connectivity index (χ4v) is 3.86. The van der Waals surface area contributed by atoms with Crippen LogP contribution in [0.4, 0.5) is 5.69 Å². The number of hydrogen-bond acceptors (Lipinski definition) is 3. The van der Waals surface area contributed by atoms with Gasteiger partial charge in [-0.15, -0.1) is 0 Å². The molecule has 2 aliphatic heterocycles. The maximum atomic E-state index is 5.94. The zero-order valence-corrected chi connectivity index (χ0v) is 15.8. The van der Waals surface area contributed by atoms with Crippen molar-refractivity contribution in [3.05, 3.63) is 29.8 Å². The van der Waals surface area contributed by atoms with E-state index in [1.54, 1.807) is 0 Å². The summed E-state index contributed by atoms with van der Waals surface area (Å²) in [4.78, 5) is 7.17. The maximum Gasteiger partial charge on any atom is 0.191 e. The molecule has 0 amide bonds. The monoisotopic (exact) mass is 344 g/mol. The second-order valence-electron chi connectivity index (χ2n) is 7.04. The zero-order valence-electron chi connectivity index (χ0n) is 15.8. The second-order valence-corrected chi connectivity index (χ2v) is 7.04. The van der Waals surface area contributed by atoms with E-state index in [9.17, 15) is 0 Å². The van der Waals surface area contributed by atoms with E-state index in [-0.39, 0.29) is 0 Å². The van der Waals surface area contributed by atoms with Crippen molar-refractivity contribution >= 4 is 11.6 Å². The van der Waals surface area contributed by atoms with Crippen molar-refractivity contribution < 1.29 is 4.74 Å². The quantitative estimate of drug-likeness (QED) is 0.590. The van der Waals surface area contributed by atoms with Gasteiger partial charge in [0.2, 0.25) is 0 Å². The lowest BCUT2D eigenvalue weighted by Gasteiger charge is -2.24. The Hall–Kier alpha value is -1.75. The molecule has 2 saturated heterocycles. The summed E-state index contributed by atoms with van der Waals surface area (Å²) in [6.45, 7) is 10.0. The van der Waals surface area contributed by atoms with E-state index in [4.69, 9.17) is 9.73 Å². The third-order valence-electron chi connectivity index (χ3n) is 5.16. The van der Waals surface area contributed by atoms with Crippen LogP contribution < -0.4 is 15.5 Å². The molecule has 0 saturated carbocycles. The van der Waals surface area contributed by atoms with E-state index in [0.717, 1.165) is 38.6 Å². The molecule has 1 aromatic carbocycles. The number of aliphatic imine (C=N–C) groups is 1. The van der Waals surface area contributed by atoms with Crippen molar-refractivity contribution in [2.24, 2.45) is 4.99 Å². The van der Waals surface area contributed by atoms with Gasteiger partial charge in [0.15, 0.2) is 5.96 Å². The van der Waals surface area contributed by atoms with Crippen LogP contribution in [0.1, 0.15) is 38.7 Å². The van der Waals surface area contributed by atoms with Crippen LogP contribution >= 0.6 is 0 Å². The van der Waals surface area contributed by atoms with Gasteiger partial charge in [0, 0.05) is 25.3 Å². The highest BCUT2D eigenvalue weighted by atomic mass is 16.5. The zero-order chi connectivity index (χ0) is 17.6. The summed E-state index contributed by atoms with van der Waals surface area (Å²) in [6, 6.07) is 9.09. The van der Waals surface area contributed by atoms with Gasteiger partial charge in [-0.25, -0.2) is 0 Å². The number of fused-ring (bicyclic) bond motifs is 2. The molecule has 2 bridgehead atoms. The van der Waals surface area contributed by atoms with Gasteiger partial charge in [-0.05, 0) is 57.7 Å². The molecule has 138 valence electrons. The van der Waals surface area contributed by atoms with E-state index in [1.807, 2.05) is 0 Å². The molecule has 5 nitrogen and oxygen atoms in total. The van der Waals surface area contributed by atoms with Crippen LogP contribution in [-0.4, -0.2) is 50.4 Å². The van der Waals surface area contributed by atoms with Gasteiger partial charge in [-0.3, -0.25) is 4.99 Å². The third-order valence-corrected chi connectivity index (χ3v) is 5.16. The number of hydrogen-bond donors (Lipinski definition) is 2. The molecule has 2 fully saturated rings. The molecule has 0 spiro atoms. The molecule has 1 aromatic rings. The standard InChI is InChI=1S/C20H32N4O/c1-4-21-20(23-18-14-17-9-10-19(18)25-17)22-11-12-24(5-2)16-8-6-7-15(3)13-16/h6-8,13,17-19H,4-5,9-12,14H2,1-3H3,(H2,21,22,23). The van der Waals surface area contributed by atoms with Gasteiger partial charge in [-0.1, -0.05) is 12.1 Å². The first-order valence-corrected chi connectivity index (χ1v) is 9.71. The van der Waals surface area contributed by atoms with Crippen molar-refractivity contribution in [1.82, 2.24) is 10.6 Å². The fourth-order valence-electron chi connectivity index (χ4n) is 3.86. The Bertz CT molecular complexity index is 589. The van der Waals surface area contributed by atoms with Crippen LogP contribution in [-0.2, 0) is 4.74 Å². The molecule has 3 rings (SSSR count). The lowest BCUT2D eigenvalue weighted by Crippen LogP contribution is -2.47. The molecule has 5 heteroatoms. The third kappa shape index (κ3) is 4.66. The number of guanidine groups is 1. The number of anilines is 1. The number of nitrogens with zero attached hydrogens (tertiary/aromatic N) is 2. The summed E-state index contributed by atoms with van der Waals surface area (Å²) in [5.41, 5.74) is 2.57. The van der Waals surface area contributed by atoms with Gasteiger partial charge in [0.25, 0.3) is 0 Å². The van der Waals surface area contributed by atoms with E-state index in [0.29, 0.717) is 18.2 Å². The molecule has 2 N–H and O–H groups in total. The summed E-state index contributed by atoms with van der Waals surface area (Å²) in [5.74, 6) is 0.920. The summed E-state index contributed by atoms with van der Waals surface area (Å²) in [6.07, 6.45) is 4.34. The van der Waals surface area contributed by atoms with E-state index in [2.05, 4.69) is 60.6 Å². The Morgan fingerprint density at radius 2 is 2.20 bits per heavy atom. The first kappa shape index (κ1) is 18.1.